The van der Waals surface area contributed by atoms with E-state index < -0.39 is 26.9 Å². The molecule has 4 rings (SSSR count). The number of rotatable bonds is 8. The van der Waals surface area contributed by atoms with Crippen LogP contribution in [0.5, 0.6) is 0 Å². The lowest BCUT2D eigenvalue weighted by atomic mass is 9.96. The first-order valence-electron chi connectivity index (χ1n) is 12.3. The number of amides is 2. The molecule has 0 aliphatic carbocycles. The van der Waals surface area contributed by atoms with Crippen molar-refractivity contribution in [2.75, 3.05) is 18.8 Å². The van der Waals surface area contributed by atoms with Crippen molar-refractivity contribution < 1.29 is 27.6 Å². The Morgan fingerprint density at radius 1 is 1.14 bits per heavy atom. The van der Waals surface area contributed by atoms with Gasteiger partial charge >= 0.3 is 0 Å². The van der Waals surface area contributed by atoms with E-state index in [1.807, 2.05) is 44.2 Å². The van der Waals surface area contributed by atoms with Crippen LogP contribution in [0, 0.1) is 5.92 Å². The predicted octanol–water partition coefficient (Wildman–Crippen LogP) is 4.24. The molecular weight excluding hydrogens is 514 g/mol. The van der Waals surface area contributed by atoms with Crippen LogP contribution in [0.25, 0.3) is 21.8 Å². The third-order valence-corrected chi connectivity index (χ3v) is 11.1. The molecule has 2 amide bonds. The van der Waals surface area contributed by atoms with Gasteiger partial charge in [-0.15, -0.1) is 11.3 Å². The van der Waals surface area contributed by atoms with Crippen molar-refractivity contribution in [3.05, 3.63) is 53.9 Å². The molecule has 0 bridgehead atoms. The van der Waals surface area contributed by atoms with Gasteiger partial charge in [-0.1, -0.05) is 38.1 Å². The average Bonchev–Trinajstić information content (AvgIpc) is 3.59. The number of nitrogens with one attached hydrogen (secondary N) is 1. The Bertz CT molecular complexity index is 1330. The molecule has 0 radical (unpaired) electrons. The van der Waals surface area contributed by atoms with E-state index in [9.17, 15) is 23.2 Å². The summed E-state index contributed by atoms with van der Waals surface area (Å²) in [5.74, 6) is -0.610. The maximum Gasteiger partial charge on any atom is 0.245 e. The van der Waals surface area contributed by atoms with Crippen LogP contribution in [0.2, 0.25) is 0 Å². The van der Waals surface area contributed by atoms with Gasteiger partial charge in [-0.2, -0.15) is 0 Å². The maximum atomic E-state index is 13.8. The molecule has 1 saturated heterocycles. The molecule has 1 aliphatic heterocycles. The number of benzene rings is 1. The summed E-state index contributed by atoms with van der Waals surface area (Å²) in [6, 6.07) is 11.2. The van der Waals surface area contributed by atoms with E-state index in [4.69, 9.17) is 4.42 Å². The summed E-state index contributed by atoms with van der Waals surface area (Å²) in [6.45, 7) is 4.19. The smallest absolute Gasteiger partial charge is 0.245 e. The molecule has 198 valence electrons. The maximum absolute atomic E-state index is 13.8. The van der Waals surface area contributed by atoms with Crippen molar-refractivity contribution in [1.29, 1.82) is 0 Å². The fourth-order valence-electron chi connectivity index (χ4n) is 4.88. The van der Waals surface area contributed by atoms with Gasteiger partial charge in [0, 0.05) is 34.3 Å². The van der Waals surface area contributed by atoms with Crippen LogP contribution in [-0.4, -0.2) is 54.2 Å². The van der Waals surface area contributed by atoms with E-state index in [0.29, 0.717) is 23.5 Å². The number of hydroxylamine groups is 1. The lowest BCUT2D eigenvalue weighted by Crippen LogP contribution is -2.41. The van der Waals surface area contributed by atoms with Crippen LogP contribution < -0.4 is 5.48 Å². The number of aromatic nitrogens is 1. The fourth-order valence-corrected chi connectivity index (χ4v) is 8.49. The van der Waals surface area contributed by atoms with Crippen molar-refractivity contribution in [3.8, 4) is 21.8 Å². The first kappa shape index (κ1) is 27.0. The van der Waals surface area contributed by atoms with E-state index in [1.165, 1.54) is 17.7 Å². The second-order valence-corrected chi connectivity index (χ2v) is 12.7. The third-order valence-electron chi connectivity index (χ3n) is 7.17. The summed E-state index contributed by atoms with van der Waals surface area (Å²) < 4.78 is 31.3. The first-order valence-corrected chi connectivity index (χ1v) is 14.7. The molecule has 0 spiro atoms. The standard InChI is InChI=1S/C26H31N3O6S2/c1-3-18(4-2)25(31)29-12-11-26(15-24(30)28-32,37(33,34)14-13-29)23-10-9-22(36-23)20-7-5-19(6-8-20)21-16-27-17-35-21/h5-10,16-18,32H,3-4,11-15H2,1-2H3,(H,28,30)/t26-/m0/s1. The van der Waals surface area contributed by atoms with E-state index >= 15 is 0 Å². The van der Waals surface area contributed by atoms with Crippen molar-refractivity contribution in [2.45, 2.75) is 44.3 Å². The second-order valence-electron chi connectivity index (χ2n) is 9.22. The zero-order chi connectivity index (χ0) is 26.6. The Labute approximate surface area is 220 Å². The van der Waals surface area contributed by atoms with E-state index in [1.54, 1.807) is 22.6 Å². The normalized spacial score (nSPS) is 19.5. The molecule has 1 aliphatic rings. The van der Waals surface area contributed by atoms with Crippen molar-refractivity contribution in [1.82, 2.24) is 15.4 Å². The minimum atomic E-state index is -3.87. The molecule has 11 heteroatoms. The number of sulfone groups is 1. The lowest BCUT2D eigenvalue weighted by Gasteiger charge is -2.30. The number of hydrogen-bond acceptors (Lipinski definition) is 8. The highest BCUT2D eigenvalue weighted by Crippen LogP contribution is 2.45. The molecule has 1 aromatic carbocycles. The molecular formula is C26H31N3O6S2. The topological polar surface area (TPSA) is 130 Å². The minimum absolute atomic E-state index is 0.0543. The van der Waals surface area contributed by atoms with Gasteiger partial charge in [0.05, 0.1) is 18.4 Å². The van der Waals surface area contributed by atoms with Crippen LogP contribution in [-0.2, 0) is 24.2 Å². The first-order chi connectivity index (χ1) is 17.7. The molecule has 0 unspecified atom stereocenters. The Morgan fingerprint density at radius 2 is 1.84 bits per heavy atom. The highest BCUT2D eigenvalue weighted by molar-refractivity contribution is 7.92. The van der Waals surface area contributed by atoms with Gasteiger partial charge in [0.25, 0.3) is 0 Å². The van der Waals surface area contributed by atoms with Crippen molar-refractivity contribution >= 4 is 33.0 Å². The summed E-state index contributed by atoms with van der Waals surface area (Å²) in [5, 5.41) is 9.26. The zero-order valence-electron chi connectivity index (χ0n) is 20.8. The number of hydrogen-bond donors (Lipinski definition) is 2. The lowest BCUT2D eigenvalue weighted by molar-refractivity contribution is -0.135. The number of thiophene rings is 1. The fraction of sp³-hybridized carbons (Fsp3) is 0.423. The van der Waals surface area contributed by atoms with Crippen LogP contribution in [0.3, 0.4) is 0 Å². The van der Waals surface area contributed by atoms with Crippen molar-refractivity contribution in [3.63, 3.8) is 0 Å². The quantitative estimate of drug-likeness (QED) is 0.320. The third kappa shape index (κ3) is 5.34. The number of carbonyl (C=O) groups excluding carboxylic acids is 2. The molecule has 3 heterocycles. The van der Waals surface area contributed by atoms with Crippen LogP contribution >= 0.6 is 11.3 Å². The van der Waals surface area contributed by atoms with Gasteiger partial charge in [0.2, 0.25) is 11.8 Å². The Morgan fingerprint density at radius 3 is 2.46 bits per heavy atom. The van der Waals surface area contributed by atoms with Gasteiger partial charge in [-0.3, -0.25) is 14.8 Å². The molecule has 2 aromatic heterocycles. The Kier molecular flexibility index (Phi) is 8.15. The highest BCUT2D eigenvalue weighted by atomic mass is 32.2. The molecule has 1 atom stereocenters. The number of carbonyl (C=O) groups is 2. The number of oxazole rings is 1. The molecule has 1 fully saturated rings. The van der Waals surface area contributed by atoms with Gasteiger partial charge < -0.3 is 9.32 Å². The summed E-state index contributed by atoms with van der Waals surface area (Å²) in [7, 11) is -3.87. The highest BCUT2D eigenvalue weighted by Gasteiger charge is 2.50. The van der Waals surface area contributed by atoms with Crippen LogP contribution in [0.15, 0.2) is 53.4 Å². The van der Waals surface area contributed by atoms with Gasteiger partial charge in [-0.05, 0) is 37.0 Å². The van der Waals surface area contributed by atoms with Crippen LogP contribution in [0.4, 0.5) is 0 Å². The van der Waals surface area contributed by atoms with E-state index in [0.717, 1.165) is 16.0 Å². The van der Waals surface area contributed by atoms with E-state index in [-0.39, 0.29) is 37.1 Å². The Balaban J connectivity index is 1.69. The van der Waals surface area contributed by atoms with Gasteiger partial charge in [0.15, 0.2) is 22.0 Å². The van der Waals surface area contributed by atoms with Gasteiger partial charge in [0.1, 0.15) is 4.75 Å². The summed E-state index contributed by atoms with van der Waals surface area (Å²) in [6.07, 6.45) is 3.99. The minimum Gasteiger partial charge on any atom is -0.444 e. The summed E-state index contributed by atoms with van der Waals surface area (Å²) in [4.78, 5) is 32.3. The monoisotopic (exact) mass is 545 g/mol. The SMILES string of the molecule is CCC(CC)C(=O)N1CC[C@](CC(=O)NO)(c2ccc(-c3ccc(-c4cnco4)cc3)s2)S(=O)(=O)CC1. The zero-order valence-corrected chi connectivity index (χ0v) is 22.5. The van der Waals surface area contributed by atoms with Crippen LogP contribution in [0.1, 0.15) is 44.4 Å². The average molecular weight is 546 g/mol. The molecule has 9 nitrogen and oxygen atoms in total. The molecule has 3 aromatic rings. The predicted molar refractivity (Wildman–Crippen MR) is 141 cm³/mol. The molecule has 0 saturated carbocycles. The van der Waals surface area contributed by atoms with Gasteiger partial charge in [-0.25, -0.2) is 18.9 Å². The largest absolute Gasteiger partial charge is 0.444 e. The summed E-state index contributed by atoms with van der Waals surface area (Å²) in [5.41, 5.74) is 3.35. The van der Waals surface area contributed by atoms with E-state index in [2.05, 4.69) is 4.98 Å². The molecule has 37 heavy (non-hydrogen) atoms. The Hall–Kier alpha value is -3.02. The van der Waals surface area contributed by atoms with Crippen molar-refractivity contribution in [2.24, 2.45) is 5.92 Å². The molecule has 2 N–H and O–H groups in total. The summed E-state index contributed by atoms with van der Waals surface area (Å²) >= 11 is 1.30. The second kappa shape index (κ2) is 11.2. The number of nitrogens with zero attached hydrogens (tertiary/aromatic N) is 2.